The van der Waals surface area contributed by atoms with E-state index in [1.807, 2.05) is 0 Å². The van der Waals surface area contributed by atoms with Crippen molar-refractivity contribution in [2.24, 2.45) is 5.10 Å². The van der Waals surface area contributed by atoms with Gasteiger partial charge >= 0.3 is 5.91 Å². The zero-order valence-corrected chi connectivity index (χ0v) is 17.4. The second-order valence-electron chi connectivity index (χ2n) is 7.07. The Morgan fingerprint density at radius 1 is 0.971 bits per heavy atom. The molecule has 4 aromatic rings. The molecule has 0 saturated carbocycles. The molecule has 1 heterocycles. The van der Waals surface area contributed by atoms with Crippen molar-refractivity contribution in [1.29, 1.82) is 0 Å². The topological polar surface area (TPSA) is 150 Å². The fourth-order valence-electron chi connectivity index (χ4n) is 3.05. The number of carbonyl (C=O) groups is 1. The van der Waals surface area contributed by atoms with Gasteiger partial charge in [-0.1, -0.05) is 12.1 Å². The molecule has 0 spiro atoms. The van der Waals surface area contributed by atoms with E-state index in [1.165, 1.54) is 42.6 Å². The van der Waals surface area contributed by atoms with E-state index in [2.05, 4.69) is 10.5 Å². The van der Waals surface area contributed by atoms with Gasteiger partial charge in [-0.3, -0.25) is 25.0 Å². The third-order valence-electron chi connectivity index (χ3n) is 4.72. The normalized spacial score (nSPS) is 10.9. The summed E-state index contributed by atoms with van der Waals surface area (Å²) in [4.78, 5) is 33.0. The third kappa shape index (κ3) is 5.22. The minimum Gasteiger partial charge on any atom is -0.489 e. The predicted molar refractivity (Wildman–Crippen MR) is 122 cm³/mol. The Hall–Kier alpha value is -5.06. The molecule has 0 saturated heterocycles. The van der Waals surface area contributed by atoms with E-state index in [0.29, 0.717) is 27.8 Å². The largest absolute Gasteiger partial charge is 0.489 e. The number of fused-ring (bicyclic) bond motifs is 1. The lowest BCUT2D eigenvalue weighted by Crippen LogP contribution is -2.16. The number of nitrogens with one attached hydrogen (secondary N) is 1. The quantitative estimate of drug-likeness (QED) is 0.229. The molecule has 1 aromatic heterocycles. The zero-order chi connectivity index (χ0) is 24.1. The van der Waals surface area contributed by atoms with Crippen LogP contribution >= 0.6 is 0 Å². The first kappa shape index (κ1) is 22.1. The molecule has 0 aliphatic rings. The number of non-ortho nitro benzene ring substituents is 2. The summed E-state index contributed by atoms with van der Waals surface area (Å²) in [7, 11) is 0. The fourth-order valence-corrected chi connectivity index (χ4v) is 3.05. The number of rotatable bonds is 8. The molecule has 170 valence electrons. The zero-order valence-electron chi connectivity index (χ0n) is 17.4. The summed E-state index contributed by atoms with van der Waals surface area (Å²) in [5.74, 6) is -0.0754. The van der Waals surface area contributed by atoms with Crippen LogP contribution in [0.1, 0.15) is 21.7 Å². The molecule has 4 rings (SSSR count). The summed E-state index contributed by atoms with van der Waals surface area (Å²) >= 11 is 0. The van der Waals surface area contributed by atoms with Gasteiger partial charge in [-0.15, -0.1) is 0 Å². The first-order chi connectivity index (χ1) is 16.4. The van der Waals surface area contributed by atoms with Crippen LogP contribution in [-0.2, 0) is 6.61 Å². The number of amides is 1. The van der Waals surface area contributed by atoms with E-state index in [4.69, 9.17) is 9.15 Å². The van der Waals surface area contributed by atoms with E-state index in [1.54, 1.807) is 36.4 Å². The Labute approximate surface area is 191 Å². The van der Waals surface area contributed by atoms with Crippen molar-refractivity contribution in [3.05, 3.63) is 110 Å². The van der Waals surface area contributed by atoms with E-state index < -0.39 is 15.8 Å². The van der Waals surface area contributed by atoms with Crippen molar-refractivity contribution < 1.29 is 23.8 Å². The molecule has 0 radical (unpaired) electrons. The standard InChI is InChI=1S/C23H16N4O7/c28-23(22-12-17-11-19(27(31)32)6-9-21(17)34-22)25-24-13-15-4-7-20(8-5-15)33-14-16-2-1-3-18(10-16)26(29)30/h1-13H,14H2,(H,25,28)/b24-13+. The molecular weight excluding hydrogens is 444 g/mol. The van der Waals surface area contributed by atoms with Gasteiger partial charge in [0.15, 0.2) is 5.76 Å². The molecule has 1 N–H and O–H groups in total. The highest BCUT2D eigenvalue weighted by molar-refractivity contribution is 5.97. The number of hydrogen-bond donors (Lipinski definition) is 1. The van der Waals surface area contributed by atoms with Gasteiger partial charge in [0.05, 0.1) is 16.1 Å². The van der Waals surface area contributed by atoms with Crippen LogP contribution < -0.4 is 10.2 Å². The number of furan rings is 1. The van der Waals surface area contributed by atoms with Gasteiger partial charge in [-0.05, 0) is 47.5 Å². The highest BCUT2D eigenvalue weighted by Crippen LogP contribution is 2.24. The maximum atomic E-state index is 12.2. The van der Waals surface area contributed by atoms with Gasteiger partial charge < -0.3 is 9.15 Å². The third-order valence-corrected chi connectivity index (χ3v) is 4.72. The number of ether oxygens (including phenoxy) is 1. The first-order valence-electron chi connectivity index (χ1n) is 9.86. The summed E-state index contributed by atoms with van der Waals surface area (Å²) in [5, 5.41) is 26.0. The molecule has 0 aliphatic carbocycles. The van der Waals surface area contributed by atoms with Gasteiger partial charge in [0, 0.05) is 29.7 Å². The lowest BCUT2D eigenvalue weighted by Gasteiger charge is -2.06. The van der Waals surface area contributed by atoms with E-state index >= 15 is 0 Å². The molecule has 3 aromatic carbocycles. The Morgan fingerprint density at radius 3 is 2.44 bits per heavy atom. The molecule has 0 aliphatic heterocycles. The predicted octanol–water partition coefficient (Wildman–Crippen LogP) is 4.59. The highest BCUT2D eigenvalue weighted by atomic mass is 16.6. The Bertz CT molecular complexity index is 1410. The van der Waals surface area contributed by atoms with Gasteiger partial charge in [-0.25, -0.2) is 5.43 Å². The molecule has 0 atom stereocenters. The van der Waals surface area contributed by atoms with Crippen molar-refractivity contribution in [2.45, 2.75) is 6.61 Å². The van der Waals surface area contributed by atoms with Crippen LogP contribution in [0.4, 0.5) is 11.4 Å². The number of carbonyl (C=O) groups excluding carboxylic acids is 1. The maximum Gasteiger partial charge on any atom is 0.307 e. The molecule has 34 heavy (non-hydrogen) atoms. The SMILES string of the molecule is O=C(N/N=C/c1ccc(OCc2cccc([N+](=O)[O-])c2)cc1)c1cc2cc([N+](=O)[O-])ccc2o1. The first-order valence-corrected chi connectivity index (χ1v) is 9.86. The summed E-state index contributed by atoms with van der Waals surface area (Å²) in [6, 6.07) is 18.5. The Balaban J connectivity index is 1.33. The van der Waals surface area contributed by atoms with Gasteiger partial charge in [0.25, 0.3) is 11.4 Å². The maximum absolute atomic E-state index is 12.2. The second kappa shape index (κ2) is 9.61. The van der Waals surface area contributed by atoms with Crippen molar-refractivity contribution in [3.63, 3.8) is 0 Å². The minimum atomic E-state index is -0.605. The van der Waals surface area contributed by atoms with Gasteiger partial charge in [0.2, 0.25) is 0 Å². The summed E-state index contributed by atoms with van der Waals surface area (Å²) < 4.78 is 11.0. The van der Waals surface area contributed by atoms with E-state index in [-0.39, 0.29) is 23.7 Å². The van der Waals surface area contributed by atoms with Crippen molar-refractivity contribution in [1.82, 2.24) is 5.43 Å². The number of nitro groups is 2. The lowest BCUT2D eigenvalue weighted by molar-refractivity contribution is -0.385. The van der Waals surface area contributed by atoms with Crippen LogP contribution in [0.2, 0.25) is 0 Å². The van der Waals surface area contributed by atoms with Gasteiger partial charge in [0.1, 0.15) is 17.9 Å². The second-order valence-corrected chi connectivity index (χ2v) is 7.07. The summed E-state index contributed by atoms with van der Waals surface area (Å²) in [6.45, 7) is 0.172. The molecule has 11 nitrogen and oxygen atoms in total. The molecule has 1 amide bonds. The van der Waals surface area contributed by atoms with Crippen LogP contribution in [0.15, 0.2) is 82.3 Å². The van der Waals surface area contributed by atoms with Crippen LogP contribution in [-0.4, -0.2) is 22.0 Å². The monoisotopic (exact) mass is 460 g/mol. The molecule has 11 heteroatoms. The number of nitro benzene ring substituents is 2. The van der Waals surface area contributed by atoms with Crippen molar-refractivity contribution >= 4 is 34.5 Å². The van der Waals surface area contributed by atoms with Crippen molar-refractivity contribution in [3.8, 4) is 5.75 Å². The lowest BCUT2D eigenvalue weighted by atomic mass is 10.2. The van der Waals surface area contributed by atoms with Crippen LogP contribution in [0.5, 0.6) is 5.75 Å². The smallest absolute Gasteiger partial charge is 0.307 e. The summed E-state index contributed by atoms with van der Waals surface area (Å²) in [5.41, 5.74) is 3.94. The average molecular weight is 460 g/mol. The Morgan fingerprint density at radius 2 is 1.71 bits per heavy atom. The van der Waals surface area contributed by atoms with Crippen LogP contribution in [0.25, 0.3) is 11.0 Å². The van der Waals surface area contributed by atoms with E-state index in [0.717, 1.165) is 0 Å². The number of benzene rings is 3. The fraction of sp³-hybridized carbons (Fsp3) is 0.0435. The number of hydrogen-bond acceptors (Lipinski definition) is 8. The highest BCUT2D eigenvalue weighted by Gasteiger charge is 2.14. The minimum absolute atomic E-state index is 0.00123. The van der Waals surface area contributed by atoms with Crippen LogP contribution in [0.3, 0.4) is 0 Å². The van der Waals surface area contributed by atoms with Gasteiger partial charge in [-0.2, -0.15) is 5.10 Å². The molecule has 0 fully saturated rings. The average Bonchev–Trinajstić information content (AvgIpc) is 3.27. The molecule has 0 bridgehead atoms. The summed E-state index contributed by atoms with van der Waals surface area (Å²) in [6.07, 6.45) is 1.43. The van der Waals surface area contributed by atoms with E-state index in [9.17, 15) is 25.0 Å². The number of hydrazone groups is 1. The molecular formula is C23H16N4O7. The van der Waals surface area contributed by atoms with Crippen molar-refractivity contribution in [2.75, 3.05) is 0 Å². The Kier molecular flexibility index (Phi) is 6.26. The number of nitrogens with zero attached hydrogens (tertiary/aromatic N) is 3. The molecule has 0 unspecified atom stereocenters. The van der Waals surface area contributed by atoms with Crippen LogP contribution in [0, 0.1) is 20.2 Å².